The minimum absolute atomic E-state index is 0.0967. The van der Waals surface area contributed by atoms with Crippen LogP contribution < -0.4 is 15.6 Å². The van der Waals surface area contributed by atoms with Crippen molar-refractivity contribution >= 4 is 5.91 Å². The van der Waals surface area contributed by atoms with Crippen LogP contribution in [0.1, 0.15) is 36.0 Å². The van der Waals surface area contributed by atoms with Crippen LogP contribution in [-0.4, -0.2) is 33.0 Å². The average molecular weight is 314 g/mol. The lowest BCUT2D eigenvalue weighted by atomic mass is 9.92. The van der Waals surface area contributed by atoms with Crippen LogP contribution in [-0.2, 0) is 0 Å². The topological polar surface area (TPSA) is 97.0 Å². The zero-order valence-electron chi connectivity index (χ0n) is 12.6. The van der Waals surface area contributed by atoms with E-state index in [1.807, 2.05) is 0 Å². The monoisotopic (exact) mass is 314 g/mol. The predicted octanol–water partition coefficient (Wildman–Crippen LogP) is 1.28. The fourth-order valence-electron chi connectivity index (χ4n) is 2.70. The van der Waals surface area contributed by atoms with Crippen LogP contribution in [0, 0.1) is 0 Å². The highest BCUT2D eigenvalue weighted by Gasteiger charge is 2.24. The maximum absolute atomic E-state index is 12.1. The van der Waals surface area contributed by atoms with Crippen molar-refractivity contribution in [3.05, 3.63) is 52.8 Å². The summed E-state index contributed by atoms with van der Waals surface area (Å²) in [5, 5.41) is 2.97. The van der Waals surface area contributed by atoms with Crippen molar-refractivity contribution in [2.75, 3.05) is 0 Å². The summed E-state index contributed by atoms with van der Waals surface area (Å²) in [5.41, 5.74) is 0.102. The molecule has 0 bridgehead atoms. The first kappa shape index (κ1) is 15.2. The van der Waals surface area contributed by atoms with Gasteiger partial charge in [-0.3, -0.25) is 14.6 Å². The van der Waals surface area contributed by atoms with E-state index in [0.717, 1.165) is 25.7 Å². The summed E-state index contributed by atoms with van der Waals surface area (Å²) >= 11 is 0. The molecule has 3 rings (SSSR count). The molecule has 120 valence electrons. The Kier molecular flexibility index (Phi) is 4.65. The first-order valence-electron chi connectivity index (χ1n) is 7.63. The molecular weight excluding hydrogens is 296 g/mol. The number of nitrogens with one attached hydrogen (secondary N) is 2. The maximum atomic E-state index is 12.1. The Morgan fingerprint density at radius 3 is 2.78 bits per heavy atom. The number of nitrogens with zero attached hydrogens (tertiary/aromatic N) is 2. The largest absolute Gasteiger partial charge is 0.473 e. The van der Waals surface area contributed by atoms with Crippen molar-refractivity contribution in [2.24, 2.45) is 0 Å². The van der Waals surface area contributed by atoms with Crippen LogP contribution in [0.2, 0.25) is 0 Å². The molecule has 1 aliphatic carbocycles. The fourth-order valence-corrected chi connectivity index (χ4v) is 2.70. The standard InChI is InChI=1S/C16H18N4O3/c21-14-9-11(5-6-18-14)16(22)20-12-1-3-13(4-2-12)23-15-10-17-7-8-19-15/h5-10,12-13H,1-4H2,(H,18,21)(H,20,22). The van der Waals surface area contributed by atoms with E-state index in [1.165, 1.54) is 12.3 Å². The molecule has 0 aromatic carbocycles. The number of amides is 1. The van der Waals surface area contributed by atoms with Crippen LogP contribution in [0.15, 0.2) is 41.7 Å². The normalized spacial score (nSPS) is 20.7. The smallest absolute Gasteiger partial charge is 0.251 e. The Bertz CT molecular complexity index is 709. The molecule has 7 nitrogen and oxygen atoms in total. The van der Waals surface area contributed by atoms with Gasteiger partial charge in [-0.1, -0.05) is 0 Å². The Morgan fingerprint density at radius 2 is 2.09 bits per heavy atom. The highest BCUT2D eigenvalue weighted by molar-refractivity contribution is 5.94. The summed E-state index contributed by atoms with van der Waals surface area (Å²) in [4.78, 5) is 33.9. The molecule has 0 spiro atoms. The lowest BCUT2D eigenvalue weighted by Gasteiger charge is -2.29. The number of carbonyl (C=O) groups excluding carboxylic acids is 1. The second kappa shape index (κ2) is 7.04. The molecule has 0 unspecified atom stereocenters. The SMILES string of the molecule is O=C(NC1CCC(Oc2cnccn2)CC1)c1cc[nH]c(=O)c1. The van der Waals surface area contributed by atoms with E-state index in [9.17, 15) is 9.59 Å². The number of aromatic nitrogens is 3. The summed E-state index contributed by atoms with van der Waals surface area (Å²) in [7, 11) is 0. The fraction of sp³-hybridized carbons (Fsp3) is 0.375. The molecule has 2 heterocycles. The summed E-state index contributed by atoms with van der Waals surface area (Å²) in [5.74, 6) is 0.317. The van der Waals surface area contributed by atoms with Crippen LogP contribution >= 0.6 is 0 Å². The quantitative estimate of drug-likeness (QED) is 0.886. The molecule has 7 heteroatoms. The molecule has 1 amide bonds. The van der Waals surface area contributed by atoms with Gasteiger partial charge in [0, 0.05) is 36.3 Å². The van der Waals surface area contributed by atoms with E-state index in [4.69, 9.17) is 4.74 Å². The zero-order valence-corrected chi connectivity index (χ0v) is 12.6. The molecule has 0 atom stereocenters. The molecule has 1 aliphatic rings. The summed E-state index contributed by atoms with van der Waals surface area (Å²) in [6.07, 6.45) is 9.73. The van der Waals surface area contributed by atoms with E-state index in [2.05, 4.69) is 20.3 Å². The Hall–Kier alpha value is -2.70. The number of carbonyl (C=O) groups is 1. The van der Waals surface area contributed by atoms with Gasteiger partial charge in [-0.15, -0.1) is 0 Å². The minimum atomic E-state index is -0.279. The van der Waals surface area contributed by atoms with Gasteiger partial charge in [0.2, 0.25) is 11.4 Å². The van der Waals surface area contributed by atoms with Crippen LogP contribution in [0.3, 0.4) is 0 Å². The van der Waals surface area contributed by atoms with Crippen molar-refractivity contribution in [3.8, 4) is 5.88 Å². The molecule has 0 saturated heterocycles. The number of rotatable bonds is 4. The van der Waals surface area contributed by atoms with Gasteiger partial charge in [0.1, 0.15) is 6.10 Å². The van der Waals surface area contributed by atoms with E-state index < -0.39 is 0 Å². The van der Waals surface area contributed by atoms with E-state index in [0.29, 0.717) is 11.4 Å². The number of aromatic amines is 1. The Morgan fingerprint density at radius 1 is 1.26 bits per heavy atom. The number of pyridine rings is 1. The highest BCUT2D eigenvalue weighted by Crippen LogP contribution is 2.22. The van der Waals surface area contributed by atoms with Crippen molar-refractivity contribution < 1.29 is 9.53 Å². The third kappa shape index (κ3) is 4.15. The second-order valence-electron chi connectivity index (χ2n) is 5.55. The van der Waals surface area contributed by atoms with Gasteiger partial charge < -0.3 is 15.0 Å². The number of hydrogen-bond acceptors (Lipinski definition) is 5. The first-order valence-corrected chi connectivity index (χ1v) is 7.63. The molecule has 23 heavy (non-hydrogen) atoms. The zero-order chi connectivity index (χ0) is 16.1. The molecule has 0 radical (unpaired) electrons. The van der Waals surface area contributed by atoms with E-state index in [1.54, 1.807) is 24.7 Å². The van der Waals surface area contributed by atoms with Gasteiger partial charge in [0.15, 0.2) is 0 Å². The average Bonchev–Trinajstić information content (AvgIpc) is 2.57. The van der Waals surface area contributed by atoms with Crippen LogP contribution in [0.5, 0.6) is 5.88 Å². The molecule has 0 aliphatic heterocycles. The van der Waals surface area contributed by atoms with Crippen molar-refractivity contribution in [1.82, 2.24) is 20.3 Å². The summed E-state index contributed by atoms with van der Waals surface area (Å²) in [6, 6.07) is 3.00. The van der Waals surface area contributed by atoms with E-state index >= 15 is 0 Å². The lowest BCUT2D eigenvalue weighted by Crippen LogP contribution is -2.40. The van der Waals surface area contributed by atoms with Gasteiger partial charge in [-0.2, -0.15) is 0 Å². The summed E-state index contributed by atoms with van der Waals surface area (Å²) < 4.78 is 5.78. The van der Waals surface area contributed by atoms with Crippen LogP contribution in [0.25, 0.3) is 0 Å². The number of ether oxygens (including phenoxy) is 1. The van der Waals surface area contributed by atoms with Crippen molar-refractivity contribution in [3.63, 3.8) is 0 Å². The van der Waals surface area contributed by atoms with Gasteiger partial charge >= 0.3 is 0 Å². The second-order valence-corrected chi connectivity index (χ2v) is 5.55. The highest BCUT2D eigenvalue weighted by atomic mass is 16.5. The molecule has 2 aromatic heterocycles. The van der Waals surface area contributed by atoms with Gasteiger partial charge in [0.05, 0.1) is 6.20 Å². The van der Waals surface area contributed by atoms with Gasteiger partial charge in [-0.25, -0.2) is 4.98 Å². The molecular formula is C16H18N4O3. The number of H-pyrrole nitrogens is 1. The van der Waals surface area contributed by atoms with E-state index in [-0.39, 0.29) is 23.6 Å². The third-order valence-electron chi connectivity index (χ3n) is 3.87. The van der Waals surface area contributed by atoms with Gasteiger partial charge in [-0.05, 0) is 31.7 Å². The minimum Gasteiger partial charge on any atom is -0.473 e. The first-order chi connectivity index (χ1) is 11.2. The maximum Gasteiger partial charge on any atom is 0.251 e. The van der Waals surface area contributed by atoms with Crippen molar-refractivity contribution in [1.29, 1.82) is 0 Å². The molecule has 2 N–H and O–H groups in total. The lowest BCUT2D eigenvalue weighted by molar-refractivity contribution is 0.0889. The third-order valence-corrected chi connectivity index (χ3v) is 3.87. The Labute approximate surface area is 133 Å². The summed E-state index contributed by atoms with van der Waals surface area (Å²) in [6.45, 7) is 0. The molecule has 1 saturated carbocycles. The molecule has 1 fully saturated rings. The number of hydrogen-bond donors (Lipinski definition) is 2. The van der Waals surface area contributed by atoms with Gasteiger partial charge in [0.25, 0.3) is 5.91 Å². The predicted molar refractivity (Wildman–Crippen MR) is 83.2 cm³/mol. The Balaban J connectivity index is 1.49. The van der Waals surface area contributed by atoms with Crippen LogP contribution in [0.4, 0.5) is 0 Å². The molecule has 2 aromatic rings. The van der Waals surface area contributed by atoms with Crippen molar-refractivity contribution in [2.45, 2.75) is 37.8 Å².